The van der Waals surface area contributed by atoms with Crippen LogP contribution in [0.4, 0.5) is 0 Å². The number of carboxylic acids is 1. The fourth-order valence-electron chi connectivity index (χ4n) is 2.33. The van der Waals surface area contributed by atoms with Crippen LogP contribution < -0.4 is 14.8 Å². The lowest BCUT2D eigenvalue weighted by Crippen LogP contribution is -2.46. The van der Waals surface area contributed by atoms with Gasteiger partial charge in [0, 0.05) is 5.56 Å². The largest absolute Gasteiger partial charge is 0.497 e. The molecule has 1 aliphatic heterocycles. The fraction of sp³-hybridized carbons (Fsp3) is 0.412. The van der Waals surface area contributed by atoms with E-state index in [-0.39, 0.29) is 12.5 Å². The lowest BCUT2D eigenvalue weighted by molar-refractivity contribution is -0.142. The first-order valence-corrected chi connectivity index (χ1v) is 7.51. The van der Waals surface area contributed by atoms with Crippen LogP contribution in [0.2, 0.25) is 0 Å². The highest BCUT2D eigenvalue weighted by Crippen LogP contribution is 2.30. The van der Waals surface area contributed by atoms with Crippen molar-refractivity contribution in [1.29, 1.82) is 0 Å². The molecule has 0 spiro atoms. The van der Waals surface area contributed by atoms with Gasteiger partial charge in [-0.05, 0) is 30.2 Å². The lowest BCUT2D eigenvalue weighted by atomic mass is 9.98. The highest BCUT2D eigenvalue weighted by Gasteiger charge is 2.27. The molecular formula is C17H21NO5. The molecule has 0 bridgehead atoms. The van der Waals surface area contributed by atoms with Gasteiger partial charge in [0.1, 0.15) is 24.1 Å². The molecule has 1 aromatic carbocycles. The Morgan fingerprint density at radius 3 is 2.78 bits per heavy atom. The average Bonchev–Trinajstić information content (AvgIpc) is 2.57. The second-order valence-electron chi connectivity index (χ2n) is 5.54. The third-order valence-electron chi connectivity index (χ3n) is 3.99. The number of ether oxygens (including phenoxy) is 2. The van der Waals surface area contributed by atoms with Crippen molar-refractivity contribution in [2.75, 3.05) is 13.7 Å². The number of fused-ring (bicyclic) bond motifs is 1. The summed E-state index contributed by atoms with van der Waals surface area (Å²) in [4.78, 5) is 23.7. The van der Waals surface area contributed by atoms with Crippen LogP contribution in [-0.4, -0.2) is 36.7 Å². The van der Waals surface area contributed by atoms with Crippen LogP contribution in [0.25, 0.3) is 6.08 Å². The molecule has 1 aliphatic rings. The third kappa shape index (κ3) is 3.83. The van der Waals surface area contributed by atoms with E-state index >= 15 is 0 Å². The summed E-state index contributed by atoms with van der Waals surface area (Å²) in [6.45, 7) is 3.79. The quantitative estimate of drug-likeness (QED) is 0.838. The molecule has 0 fully saturated rings. The first kappa shape index (κ1) is 16.9. The van der Waals surface area contributed by atoms with E-state index in [9.17, 15) is 14.7 Å². The van der Waals surface area contributed by atoms with Crippen molar-refractivity contribution >= 4 is 18.0 Å². The number of aliphatic carboxylic acids is 1. The monoisotopic (exact) mass is 319 g/mol. The van der Waals surface area contributed by atoms with Gasteiger partial charge in [-0.25, -0.2) is 4.79 Å². The molecule has 0 aliphatic carbocycles. The van der Waals surface area contributed by atoms with Crippen molar-refractivity contribution in [2.45, 2.75) is 26.3 Å². The Kier molecular flexibility index (Phi) is 5.26. The van der Waals surface area contributed by atoms with Crippen molar-refractivity contribution in [3.63, 3.8) is 0 Å². The van der Waals surface area contributed by atoms with Crippen molar-refractivity contribution < 1.29 is 24.2 Å². The molecular weight excluding hydrogens is 298 g/mol. The number of hydrogen-bond acceptors (Lipinski definition) is 4. The molecule has 1 heterocycles. The van der Waals surface area contributed by atoms with Gasteiger partial charge in [0.25, 0.3) is 5.91 Å². The van der Waals surface area contributed by atoms with Crippen LogP contribution in [0.1, 0.15) is 25.8 Å². The number of nitrogens with one attached hydrogen (secondary N) is 1. The Morgan fingerprint density at radius 2 is 2.17 bits per heavy atom. The Bertz CT molecular complexity index is 638. The SMILES string of the molecule is CC[C@H](C)[C@H](NC(=O)C1=Cc2cc(OC)ccc2OC1)C(=O)O. The van der Waals surface area contributed by atoms with E-state index in [0.29, 0.717) is 23.5 Å². The topological polar surface area (TPSA) is 84.9 Å². The molecule has 0 saturated carbocycles. The zero-order valence-corrected chi connectivity index (χ0v) is 13.5. The first-order valence-electron chi connectivity index (χ1n) is 7.51. The summed E-state index contributed by atoms with van der Waals surface area (Å²) < 4.78 is 10.7. The van der Waals surface area contributed by atoms with E-state index in [1.807, 2.05) is 6.92 Å². The molecule has 0 aromatic heterocycles. The normalized spacial score (nSPS) is 15.5. The second kappa shape index (κ2) is 7.17. The first-order chi connectivity index (χ1) is 11.0. The molecule has 0 unspecified atom stereocenters. The van der Waals surface area contributed by atoms with E-state index in [4.69, 9.17) is 9.47 Å². The van der Waals surface area contributed by atoms with E-state index in [1.54, 1.807) is 38.3 Å². The molecule has 2 rings (SSSR count). The Hall–Kier alpha value is -2.50. The highest BCUT2D eigenvalue weighted by atomic mass is 16.5. The molecule has 124 valence electrons. The van der Waals surface area contributed by atoms with Crippen molar-refractivity contribution in [2.24, 2.45) is 5.92 Å². The summed E-state index contributed by atoms with van der Waals surface area (Å²) in [7, 11) is 1.56. The zero-order valence-electron chi connectivity index (χ0n) is 13.5. The lowest BCUT2D eigenvalue weighted by Gasteiger charge is -2.23. The Labute approximate surface area is 135 Å². The highest BCUT2D eigenvalue weighted by molar-refractivity contribution is 6.00. The molecule has 6 nitrogen and oxygen atoms in total. The van der Waals surface area contributed by atoms with E-state index in [0.717, 1.165) is 5.56 Å². The average molecular weight is 319 g/mol. The minimum absolute atomic E-state index is 0.109. The van der Waals surface area contributed by atoms with Gasteiger partial charge in [-0.1, -0.05) is 20.3 Å². The number of carbonyl (C=O) groups is 2. The molecule has 2 N–H and O–H groups in total. The summed E-state index contributed by atoms with van der Waals surface area (Å²) >= 11 is 0. The smallest absolute Gasteiger partial charge is 0.326 e. The van der Waals surface area contributed by atoms with Gasteiger partial charge in [-0.15, -0.1) is 0 Å². The van der Waals surface area contributed by atoms with Gasteiger partial charge in [-0.3, -0.25) is 4.79 Å². The van der Waals surface area contributed by atoms with Gasteiger partial charge < -0.3 is 19.9 Å². The predicted molar refractivity (Wildman–Crippen MR) is 85.5 cm³/mol. The third-order valence-corrected chi connectivity index (χ3v) is 3.99. The number of rotatable bonds is 6. The van der Waals surface area contributed by atoms with Crippen molar-refractivity contribution in [1.82, 2.24) is 5.32 Å². The van der Waals surface area contributed by atoms with Gasteiger partial charge in [-0.2, -0.15) is 0 Å². The summed E-state index contributed by atoms with van der Waals surface area (Å²) in [6, 6.07) is 4.41. The van der Waals surface area contributed by atoms with Crippen LogP contribution in [0, 0.1) is 5.92 Å². The van der Waals surface area contributed by atoms with Crippen LogP contribution in [0.15, 0.2) is 23.8 Å². The fourth-order valence-corrected chi connectivity index (χ4v) is 2.33. The van der Waals surface area contributed by atoms with Crippen LogP contribution in [-0.2, 0) is 9.59 Å². The predicted octanol–water partition coefficient (Wildman–Crippen LogP) is 2.09. The summed E-state index contributed by atoms with van der Waals surface area (Å²) in [6.07, 6.45) is 2.36. The van der Waals surface area contributed by atoms with E-state index < -0.39 is 17.9 Å². The molecule has 2 atom stereocenters. The summed E-state index contributed by atoms with van der Waals surface area (Å²) in [5.41, 5.74) is 1.12. The minimum atomic E-state index is -1.04. The molecule has 23 heavy (non-hydrogen) atoms. The number of carbonyl (C=O) groups excluding carboxylic acids is 1. The standard InChI is InChI=1S/C17H21NO5/c1-4-10(2)15(17(20)21)18-16(19)12-7-11-8-13(22-3)5-6-14(11)23-9-12/h5-8,10,15H,4,9H2,1-3H3,(H,18,19)(H,20,21)/t10-,15-/m0/s1. The molecule has 1 amide bonds. The van der Waals surface area contributed by atoms with Crippen LogP contribution in [0.5, 0.6) is 11.5 Å². The summed E-state index contributed by atoms with van der Waals surface area (Å²) in [5, 5.41) is 11.8. The number of benzene rings is 1. The van der Waals surface area contributed by atoms with Gasteiger partial charge in [0.15, 0.2) is 0 Å². The Balaban J connectivity index is 2.19. The molecule has 0 saturated heterocycles. The van der Waals surface area contributed by atoms with Crippen LogP contribution in [0.3, 0.4) is 0 Å². The number of methoxy groups -OCH3 is 1. The van der Waals surface area contributed by atoms with E-state index in [2.05, 4.69) is 5.32 Å². The number of amides is 1. The molecule has 0 radical (unpaired) electrons. The van der Waals surface area contributed by atoms with E-state index in [1.165, 1.54) is 0 Å². The number of hydrogen-bond donors (Lipinski definition) is 2. The second-order valence-corrected chi connectivity index (χ2v) is 5.54. The maximum Gasteiger partial charge on any atom is 0.326 e. The van der Waals surface area contributed by atoms with Crippen LogP contribution >= 0.6 is 0 Å². The van der Waals surface area contributed by atoms with Crippen molar-refractivity contribution in [3.05, 3.63) is 29.3 Å². The zero-order chi connectivity index (χ0) is 17.0. The Morgan fingerprint density at radius 1 is 1.43 bits per heavy atom. The number of carboxylic acid groups (broad SMARTS) is 1. The van der Waals surface area contributed by atoms with Gasteiger partial charge in [0.2, 0.25) is 0 Å². The molecule has 1 aromatic rings. The maximum atomic E-state index is 12.3. The minimum Gasteiger partial charge on any atom is -0.497 e. The molecule has 6 heteroatoms. The summed E-state index contributed by atoms with van der Waals surface area (Å²) in [5.74, 6) is -0.292. The maximum absolute atomic E-state index is 12.3. The van der Waals surface area contributed by atoms with Crippen molar-refractivity contribution in [3.8, 4) is 11.5 Å². The van der Waals surface area contributed by atoms with Gasteiger partial charge in [0.05, 0.1) is 12.7 Å². The van der Waals surface area contributed by atoms with Gasteiger partial charge >= 0.3 is 5.97 Å².